The van der Waals surface area contributed by atoms with Crippen molar-refractivity contribution in [2.24, 2.45) is 0 Å². The number of fused-ring (bicyclic) bond motifs is 1. The third-order valence-electron chi connectivity index (χ3n) is 4.06. The zero-order valence-corrected chi connectivity index (χ0v) is 15.2. The molecule has 0 aromatic heterocycles. The summed E-state index contributed by atoms with van der Waals surface area (Å²) in [6.07, 6.45) is 0. The second kappa shape index (κ2) is 8.47. The Kier molecular flexibility index (Phi) is 6.66. The Morgan fingerprint density at radius 2 is 1.79 bits per heavy atom. The number of nitro benzene ring substituents is 1. The first-order valence-electron chi connectivity index (χ1n) is 7.87. The first kappa shape index (κ1) is 22.8. The van der Waals surface area contributed by atoms with Crippen LogP contribution in [0.3, 0.4) is 0 Å². The van der Waals surface area contributed by atoms with Crippen LogP contribution in [0.15, 0.2) is 53.4 Å². The van der Waals surface area contributed by atoms with Gasteiger partial charge in [-0.25, -0.2) is 0 Å². The molecule has 0 bridgehead atoms. The SMILES string of the molecule is Cc1ccc([N+](=O)[O-])c(C(=O)Nc2ccc3cc(S(=O)(=O)O)cc(O)c3c2)c1.[NaH]. The van der Waals surface area contributed by atoms with E-state index < -0.39 is 31.6 Å². The first-order valence-corrected chi connectivity index (χ1v) is 9.31. The van der Waals surface area contributed by atoms with Crippen molar-refractivity contribution in [3.8, 4) is 5.75 Å². The molecule has 9 nitrogen and oxygen atoms in total. The number of nitro groups is 1. The number of aryl methyl sites for hydroxylation is 1. The molecule has 0 aliphatic heterocycles. The van der Waals surface area contributed by atoms with E-state index >= 15 is 0 Å². The fourth-order valence-electron chi connectivity index (χ4n) is 2.73. The van der Waals surface area contributed by atoms with Crippen LogP contribution in [0.4, 0.5) is 11.4 Å². The zero-order valence-electron chi connectivity index (χ0n) is 14.4. The number of anilines is 1. The van der Waals surface area contributed by atoms with E-state index in [1.165, 1.54) is 42.5 Å². The van der Waals surface area contributed by atoms with Crippen molar-refractivity contribution in [2.75, 3.05) is 5.32 Å². The molecule has 0 saturated carbocycles. The molecule has 3 rings (SSSR count). The molecule has 3 N–H and O–H groups in total. The van der Waals surface area contributed by atoms with Gasteiger partial charge in [-0.05, 0) is 42.1 Å². The van der Waals surface area contributed by atoms with E-state index in [9.17, 15) is 28.4 Å². The second-order valence-corrected chi connectivity index (χ2v) is 7.51. The average molecular weight is 426 g/mol. The number of rotatable bonds is 4. The molecule has 1 amide bonds. The van der Waals surface area contributed by atoms with Crippen LogP contribution in [0, 0.1) is 17.0 Å². The van der Waals surface area contributed by atoms with Crippen molar-refractivity contribution < 1.29 is 27.8 Å². The summed E-state index contributed by atoms with van der Waals surface area (Å²) >= 11 is 0. The van der Waals surface area contributed by atoms with Crippen molar-refractivity contribution in [1.29, 1.82) is 0 Å². The number of aromatic hydroxyl groups is 1. The summed E-state index contributed by atoms with van der Waals surface area (Å²) < 4.78 is 31.6. The van der Waals surface area contributed by atoms with Crippen molar-refractivity contribution in [2.45, 2.75) is 11.8 Å². The van der Waals surface area contributed by atoms with Crippen LogP contribution >= 0.6 is 0 Å². The van der Waals surface area contributed by atoms with Crippen LogP contribution < -0.4 is 5.32 Å². The molecule has 29 heavy (non-hydrogen) atoms. The molecule has 0 spiro atoms. The molecule has 3 aromatic carbocycles. The molecular weight excluding hydrogens is 411 g/mol. The van der Waals surface area contributed by atoms with E-state index in [-0.39, 0.29) is 51.9 Å². The number of phenolic OH excluding ortho intramolecular Hbond substituents is 1. The Labute approximate surface area is 187 Å². The maximum absolute atomic E-state index is 12.5. The predicted octanol–water partition coefficient (Wildman–Crippen LogP) is 2.61. The number of hydrogen-bond donors (Lipinski definition) is 3. The molecule has 0 fully saturated rings. The van der Waals surface area contributed by atoms with Crippen molar-refractivity contribution in [3.63, 3.8) is 0 Å². The predicted molar refractivity (Wildman–Crippen MR) is 108 cm³/mol. The minimum absolute atomic E-state index is 0. The average Bonchev–Trinajstić information content (AvgIpc) is 2.60. The number of amides is 1. The minimum atomic E-state index is -4.49. The Bertz CT molecular complexity index is 1240. The number of phenols is 1. The van der Waals surface area contributed by atoms with E-state index in [1.54, 1.807) is 6.92 Å². The summed E-state index contributed by atoms with van der Waals surface area (Å²) in [7, 11) is -4.49. The molecule has 0 aliphatic rings. The number of benzene rings is 3. The fraction of sp³-hybridized carbons (Fsp3) is 0.0556. The second-order valence-electron chi connectivity index (χ2n) is 6.09. The zero-order chi connectivity index (χ0) is 20.6. The fourth-order valence-corrected chi connectivity index (χ4v) is 3.26. The van der Waals surface area contributed by atoms with Gasteiger partial charge < -0.3 is 10.4 Å². The van der Waals surface area contributed by atoms with Gasteiger partial charge >= 0.3 is 29.6 Å². The number of nitrogens with zero attached hydrogens (tertiary/aromatic N) is 1. The number of nitrogens with one attached hydrogen (secondary N) is 1. The molecule has 0 aliphatic carbocycles. The van der Waals surface area contributed by atoms with Crippen LogP contribution in [0.25, 0.3) is 10.8 Å². The maximum atomic E-state index is 12.5. The topological polar surface area (TPSA) is 147 Å². The van der Waals surface area contributed by atoms with Crippen LogP contribution in [0.2, 0.25) is 0 Å². The Morgan fingerprint density at radius 3 is 2.41 bits per heavy atom. The molecule has 3 aromatic rings. The summed E-state index contributed by atoms with van der Waals surface area (Å²) in [5.74, 6) is -1.12. The van der Waals surface area contributed by atoms with Gasteiger partial charge in [-0.2, -0.15) is 8.42 Å². The van der Waals surface area contributed by atoms with E-state index in [2.05, 4.69) is 5.32 Å². The van der Waals surface area contributed by atoms with Crippen LogP contribution in [0.1, 0.15) is 15.9 Å². The quantitative estimate of drug-likeness (QED) is 0.251. The molecule has 0 saturated heterocycles. The Morgan fingerprint density at radius 1 is 1.10 bits per heavy atom. The van der Waals surface area contributed by atoms with Crippen molar-refractivity contribution in [1.82, 2.24) is 0 Å². The summed E-state index contributed by atoms with van der Waals surface area (Å²) in [6.45, 7) is 1.70. The summed E-state index contributed by atoms with van der Waals surface area (Å²) in [5.41, 5.74) is 0.452. The van der Waals surface area contributed by atoms with Gasteiger partial charge in [0.15, 0.2) is 0 Å². The van der Waals surface area contributed by atoms with Gasteiger partial charge in [0.1, 0.15) is 11.3 Å². The Balaban J connectivity index is 0.00000300. The van der Waals surface area contributed by atoms with E-state index in [1.807, 2.05) is 0 Å². The third kappa shape index (κ3) is 4.92. The first-order chi connectivity index (χ1) is 13.1. The summed E-state index contributed by atoms with van der Waals surface area (Å²) in [5, 5.41) is 24.3. The Hall–Kier alpha value is -2.50. The molecule has 0 radical (unpaired) electrons. The molecule has 0 heterocycles. The van der Waals surface area contributed by atoms with E-state index in [0.717, 1.165) is 6.07 Å². The van der Waals surface area contributed by atoms with Gasteiger partial charge in [0.25, 0.3) is 21.7 Å². The summed E-state index contributed by atoms with van der Waals surface area (Å²) in [6, 6.07) is 10.5. The van der Waals surface area contributed by atoms with Gasteiger partial charge in [-0.3, -0.25) is 19.5 Å². The number of carbonyl (C=O) groups is 1. The van der Waals surface area contributed by atoms with Gasteiger partial charge in [0.2, 0.25) is 0 Å². The number of hydrogen-bond acceptors (Lipinski definition) is 6. The summed E-state index contributed by atoms with van der Waals surface area (Å²) in [4.78, 5) is 22.5. The van der Waals surface area contributed by atoms with Crippen LogP contribution in [-0.4, -0.2) is 58.5 Å². The molecule has 0 unspecified atom stereocenters. The van der Waals surface area contributed by atoms with Gasteiger partial charge in [-0.15, -0.1) is 0 Å². The van der Waals surface area contributed by atoms with Crippen molar-refractivity contribution >= 4 is 67.7 Å². The van der Waals surface area contributed by atoms with E-state index in [4.69, 9.17) is 4.55 Å². The van der Waals surface area contributed by atoms with Crippen LogP contribution in [-0.2, 0) is 10.1 Å². The molecule has 0 atom stereocenters. The standard InChI is InChI=1S/C18H14N2O7S.Na.H/c1-10-2-5-16(20(23)24)15(6-10)18(22)19-12-4-3-11-7-13(28(25,26)27)9-17(21)14(11)8-12;;/h2-9,21H,1H3,(H,19,22)(H,25,26,27);;. The van der Waals surface area contributed by atoms with Gasteiger partial charge in [0, 0.05) is 23.2 Å². The molecule has 146 valence electrons. The van der Waals surface area contributed by atoms with Gasteiger partial charge in [-0.1, -0.05) is 12.1 Å². The molecule has 11 heteroatoms. The monoisotopic (exact) mass is 426 g/mol. The van der Waals surface area contributed by atoms with E-state index in [0.29, 0.717) is 10.9 Å². The molecular formula is C18H15N2NaO7S. The van der Waals surface area contributed by atoms with Crippen molar-refractivity contribution in [3.05, 3.63) is 69.8 Å². The van der Waals surface area contributed by atoms with Crippen LogP contribution in [0.5, 0.6) is 5.75 Å². The third-order valence-corrected chi connectivity index (χ3v) is 4.89. The normalized spacial score (nSPS) is 11.0. The van der Waals surface area contributed by atoms with Gasteiger partial charge in [0.05, 0.1) is 9.82 Å². The number of carbonyl (C=O) groups excluding carboxylic acids is 1.